The van der Waals surface area contributed by atoms with Crippen molar-refractivity contribution in [2.24, 2.45) is 0 Å². The van der Waals surface area contributed by atoms with Gasteiger partial charge in [-0.3, -0.25) is 4.79 Å². The summed E-state index contributed by atoms with van der Waals surface area (Å²) in [6.45, 7) is -1.50. The van der Waals surface area contributed by atoms with Crippen LogP contribution in [0.1, 0.15) is 28.9 Å². The molecule has 0 aliphatic carbocycles. The van der Waals surface area contributed by atoms with E-state index < -0.39 is 25.1 Å². The van der Waals surface area contributed by atoms with Crippen LogP contribution in [-0.2, 0) is 9.53 Å². The molecule has 1 aliphatic heterocycles. The fourth-order valence-electron chi connectivity index (χ4n) is 2.54. The molecule has 0 fully saturated rings. The van der Waals surface area contributed by atoms with E-state index in [0.29, 0.717) is 11.5 Å². The maximum absolute atomic E-state index is 12.1. The molecule has 28 heavy (non-hydrogen) atoms. The first-order valence-electron chi connectivity index (χ1n) is 8.33. The Morgan fingerprint density at radius 2 is 1.82 bits per heavy atom. The van der Waals surface area contributed by atoms with Crippen LogP contribution in [0.5, 0.6) is 17.2 Å². The van der Waals surface area contributed by atoms with Gasteiger partial charge in [0.15, 0.2) is 18.1 Å². The van der Waals surface area contributed by atoms with Crippen molar-refractivity contribution in [1.82, 2.24) is 5.32 Å². The summed E-state index contributed by atoms with van der Waals surface area (Å²) in [5.41, 5.74) is 0.914. The number of carbonyl (C=O) groups is 2. The molecule has 1 heterocycles. The maximum Gasteiger partial charge on any atom is 0.387 e. The maximum atomic E-state index is 12.1. The van der Waals surface area contributed by atoms with Crippen LogP contribution in [0.2, 0.25) is 0 Å². The number of ether oxygens (including phenoxy) is 4. The van der Waals surface area contributed by atoms with Gasteiger partial charge >= 0.3 is 12.6 Å². The van der Waals surface area contributed by atoms with E-state index in [-0.39, 0.29) is 24.1 Å². The molecule has 7 nitrogen and oxygen atoms in total. The minimum atomic E-state index is -2.95. The molecule has 1 N–H and O–H groups in total. The van der Waals surface area contributed by atoms with Gasteiger partial charge in [0.25, 0.3) is 5.91 Å². The number of amides is 1. The standard InChI is InChI=1S/C19H17F2NO6/c1-11(13-4-7-15-16(8-13)27-10-26-15)22-17(23)9-25-18(24)12-2-5-14(6-3-12)28-19(20)21/h2-8,11,19H,9-10H2,1H3,(H,22,23)/t11-/m1/s1. The molecule has 0 bridgehead atoms. The molecule has 0 radical (unpaired) electrons. The summed E-state index contributed by atoms with van der Waals surface area (Å²) in [4.78, 5) is 24.0. The Balaban J connectivity index is 1.48. The van der Waals surface area contributed by atoms with Gasteiger partial charge in [-0.2, -0.15) is 8.78 Å². The summed E-state index contributed by atoms with van der Waals surface area (Å²) in [6, 6.07) is 9.94. The zero-order chi connectivity index (χ0) is 20.1. The largest absolute Gasteiger partial charge is 0.454 e. The Hall–Kier alpha value is -3.36. The molecule has 0 saturated heterocycles. The molecule has 1 atom stereocenters. The minimum Gasteiger partial charge on any atom is -0.454 e. The number of hydrogen-bond donors (Lipinski definition) is 1. The van der Waals surface area contributed by atoms with Crippen LogP contribution in [0.3, 0.4) is 0 Å². The van der Waals surface area contributed by atoms with Gasteiger partial charge in [0.05, 0.1) is 11.6 Å². The van der Waals surface area contributed by atoms with E-state index in [4.69, 9.17) is 14.2 Å². The third-order valence-electron chi connectivity index (χ3n) is 3.92. The molecule has 2 aromatic carbocycles. The fourth-order valence-corrected chi connectivity index (χ4v) is 2.54. The van der Waals surface area contributed by atoms with Crippen molar-refractivity contribution in [2.45, 2.75) is 19.6 Å². The molecule has 0 unspecified atom stereocenters. The van der Waals surface area contributed by atoms with E-state index in [1.165, 1.54) is 24.3 Å². The van der Waals surface area contributed by atoms with Crippen molar-refractivity contribution in [2.75, 3.05) is 13.4 Å². The molecule has 9 heteroatoms. The molecule has 1 amide bonds. The molecular formula is C19H17F2NO6. The van der Waals surface area contributed by atoms with Crippen molar-refractivity contribution in [3.8, 4) is 17.2 Å². The number of nitrogens with one attached hydrogen (secondary N) is 1. The SMILES string of the molecule is C[C@@H](NC(=O)COC(=O)c1ccc(OC(F)F)cc1)c1ccc2c(c1)OCO2. The Labute approximate surface area is 159 Å². The number of hydrogen-bond acceptors (Lipinski definition) is 6. The second kappa shape index (κ2) is 8.55. The summed E-state index contributed by atoms with van der Waals surface area (Å²) >= 11 is 0. The second-order valence-corrected chi connectivity index (χ2v) is 5.88. The minimum absolute atomic E-state index is 0.0816. The van der Waals surface area contributed by atoms with Crippen molar-refractivity contribution < 1.29 is 37.3 Å². The number of rotatable bonds is 7. The van der Waals surface area contributed by atoms with Crippen LogP contribution < -0.4 is 19.5 Å². The lowest BCUT2D eigenvalue weighted by Gasteiger charge is -2.15. The zero-order valence-corrected chi connectivity index (χ0v) is 14.8. The van der Waals surface area contributed by atoms with E-state index in [9.17, 15) is 18.4 Å². The molecule has 3 rings (SSSR count). The fraction of sp³-hybridized carbons (Fsp3) is 0.263. The van der Waals surface area contributed by atoms with E-state index >= 15 is 0 Å². The average Bonchev–Trinajstić information content (AvgIpc) is 3.14. The number of fused-ring (bicyclic) bond motifs is 1. The monoisotopic (exact) mass is 393 g/mol. The Kier molecular flexibility index (Phi) is 5.93. The molecule has 148 valence electrons. The van der Waals surface area contributed by atoms with Gasteiger partial charge in [-0.25, -0.2) is 4.79 Å². The summed E-state index contributed by atoms with van der Waals surface area (Å²) in [5.74, 6) is -0.0852. The zero-order valence-electron chi connectivity index (χ0n) is 14.8. The third kappa shape index (κ3) is 4.87. The molecule has 2 aromatic rings. The number of carbonyl (C=O) groups excluding carboxylic acids is 2. The van der Waals surface area contributed by atoms with Gasteiger partial charge in [0, 0.05) is 0 Å². The third-order valence-corrected chi connectivity index (χ3v) is 3.92. The predicted molar refractivity (Wildman–Crippen MR) is 92.5 cm³/mol. The van der Waals surface area contributed by atoms with Crippen LogP contribution in [0, 0.1) is 0 Å². The topological polar surface area (TPSA) is 83.1 Å². The molecule has 0 spiro atoms. The highest BCUT2D eigenvalue weighted by atomic mass is 19.3. The van der Waals surface area contributed by atoms with E-state index in [0.717, 1.165) is 5.56 Å². The van der Waals surface area contributed by atoms with Crippen LogP contribution in [0.4, 0.5) is 8.78 Å². The van der Waals surface area contributed by atoms with Crippen LogP contribution in [0.15, 0.2) is 42.5 Å². The number of alkyl halides is 2. The molecule has 0 aromatic heterocycles. The predicted octanol–water partition coefficient (Wildman–Crippen LogP) is 3.05. The van der Waals surface area contributed by atoms with E-state index in [1.54, 1.807) is 25.1 Å². The first-order valence-corrected chi connectivity index (χ1v) is 8.33. The van der Waals surface area contributed by atoms with Crippen molar-refractivity contribution in [3.05, 3.63) is 53.6 Å². The van der Waals surface area contributed by atoms with Gasteiger partial charge in [0.1, 0.15) is 5.75 Å². The summed E-state index contributed by atoms with van der Waals surface area (Å²) < 4.78 is 43.9. The Morgan fingerprint density at radius 1 is 1.11 bits per heavy atom. The number of esters is 1. The van der Waals surface area contributed by atoms with E-state index in [2.05, 4.69) is 10.1 Å². The first-order chi connectivity index (χ1) is 13.4. The first kappa shape index (κ1) is 19.4. The van der Waals surface area contributed by atoms with Gasteiger partial charge in [-0.15, -0.1) is 0 Å². The Bertz CT molecular complexity index is 856. The smallest absolute Gasteiger partial charge is 0.387 e. The summed E-state index contributed by atoms with van der Waals surface area (Å²) in [6.07, 6.45) is 0. The van der Waals surface area contributed by atoms with Crippen LogP contribution in [0.25, 0.3) is 0 Å². The van der Waals surface area contributed by atoms with Gasteiger partial charge in [0.2, 0.25) is 6.79 Å². The highest BCUT2D eigenvalue weighted by Gasteiger charge is 2.18. The van der Waals surface area contributed by atoms with Crippen LogP contribution >= 0.6 is 0 Å². The number of benzene rings is 2. The second-order valence-electron chi connectivity index (χ2n) is 5.88. The lowest BCUT2D eigenvalue weighted by atomic mass is 10.1. The number of halogens is 2. The van der Waals surface area contributed by atoms with Gasteiger partial charge in [-0.1, -0.05) is 6.07 Å². The quantitative estimate of drug-likeness (QED) is 0.728. The summed E-state index contributed by atoms with van der Waals surface area (Å²) in [7, 11) is 0. The van der Waals surface area contributed by atoms with Crippen molar-refractivity contribution >= 4 is 11.9 Å². The summed E-state index contributed by atoms with van der Waals surface area (Å²) in [5, 5.41) is 2.71. The highest BCUT2D eigenvalue weighted by Crippen LogP contribution is 2.34. The highest BCUT2D eigenvalue weighted by molar-refractivity contribution is 5.91. The molecule has 1 aliphatic rings. The van der Waals surface area contributed by atoms with Gasteiger partial charge < -0.3 is 24.3 Å². The van der Waals surface area contributed by atoms with Crippen LogP contribution in [-0.4, -0.2) is 31.9 Å². The molecule has 0 saturated carbocycles. The Morgan fingerprint density at radius 3 is 2.54 bits per heavy atom. The van der Waals surface area contributed by atoms with E-state index in [1.807, 2.05) is 0 Å². The van der Waals surface area contributed by atoms with Gasteiger partial charge in [-0.05, 0) is 48.9 Å². The normalized spacial score (nSPS) is 13.1. The molecular weight excluding hydrogens is 376 g/mol. The lowest BCUT2D eigenvalue weighted by Crippen LogP contribution is -2.31. The van der Waals surface area contributed by atoms with Crippen molar-refractivity contribution in [3.63, 3.8) is 0 Å². The lowest BCUT2D eigenvalue weighted by molar-refractivity contribution is -0.124. The average molecular weight is 393 g/mol. The van der Waals surface area contributed by atoms with Crippen molar-refractivity contribution in [1.29, 1.82) is 0 Å².